The lowest BCUT2D eigenvalue weighted by Gasteiger charge is -2.15. The highest BCUT2D eigenvalue weighted by Crippen LogP contribution is 2.46. The number of aromatic nitrogens is 4. The maximum atomic E-state index is 16.8. The minimum absolute atomic E-state index is 0.0588. The van der Waals surface area contributed by atoms with Crippen LogP contribution in [-0.2, 0) is 0 Å². The first-order valence-corrected chi connectivity index (χ1v) is 36.4. The van der Waals surface area contributed by atoms with Gasteiger partial charge in [-0.15, -0.1) is 0 Å². The van der Waals surface area contributed by atoms with E-state index in [1.54, 1.807) is 0 Å². The van der Waals surface area contributed by atoms with E-state index in [2.05, 4.69) is 39.9 Å². The van der Waals surface area contributed by atoms with E-state index in [4.69, 9.17) is 0 Å². The average molecular weight is 1780 g/mol. The lowest BCUT2D eigenvalue weighted by Crippen LogP contribution is -2.22. The van der Waals surface area contributed by atoms with Crippen molar-refractivity contribution in [1.29, 1.82) is 0 Å². The number of hydrogen-bond acceptors (Lipinski definition) is 6. The molecule has 6 aromatic carbocycles. The van der Waals surface area contributed by atoms with Crippen LogP contribution in [-0.4, -0.2) is 42.8 Å². The Morgan fingerprint density at radius 2 is 0.355 bits per heavy atom. The molecule has 17 rings (SSSR count). The standard InChI is InChI=1S/C84H26F30N8S2/c85-55-49(56(86)68(98)79(109)67(55)97)43-29-5-1-25(115-29)41(23-17-19-123-21-23)26-2-6-30(116-26)44(50-57(87)69(99)80(110)70(100)58(50)88)34-10-14-39(120-34)48(54-65(95)77(107)84(114)78(108)66(54)96)40-16-12-36(122-40)46(52-61(91)73(103)82(112)74(104)62(52)92)32-8-4-28(118-32)42(24-18-20-124-22-24)27-3-7-31(117-27)45(51-59(89)71(101)81(111)72(102)60(51)90)35-11-15-38(121-35)47(37-13-9-33(43)119-37)53-63(93)75(105)83(113)76(106)64(53)94/h1-22,115,118,120-121H. The molecule has 124 heavy (non-hydrogen) atoms. The van der Waals surface area contributed by atoms with Crippen LogP contribution in [0.25, 0.3) is 44.6 Å². The Kier molecular flexibility index (Phi) is 20.2. The first kappa shape index (κ1) is 82.1. The highest BCUT2D eigenvalue weighted by molar-refractivity contribution is 7.08. The number of nitrogens with one attached hydrogen (secondary N) is 4. The first-order valence-electron chi connectivity index (χ1n) is 34.5. The summed E-state index contributed by atoms with van der Waals surface area (Å²) >= 11 is 1.74. The van der Waals surface area contributed by atoms with Gasteiger partial charge in [0.05, 0.1) is 79.0 Å². The number of aliphatic imine (C=N–C) groups is 4. The minimum Gasteiger partial charge on any atom is -0.354 e. The minimum atomic E-state index is -2.84. The molecule has 0 saturated carbocycles. The molecule has 624 valence electrons. The van der Waals surface area contributed by atoms with E-state index in [9.17, 15) is 0 Å². The van der Waals surface area contributed by atoms with Crippen LogP contribution < -0.4 is 21.4 Å². The summed E-state index contributed by atoms with van der Waals surface area (Å²) in [6.45, 7) is 0. The van der Waals surface area contributed by atoms with Crippen molar-refractivity contribution in [3.63, 3.8) is 0 Å². The highest BCUT2D eigenvalue weighted by Gasteiger charge is 2.41. The molecule has 11 heterocycles. The molecule has 5 aliphatic heterocycles. The van der Waals surface area contributed by atoms with Gasteiger partial charge < -0.3 is 19.9 Å². The van der Waals surface area contributed by atoms with Crippen molar-refractivity contribution in [2.45, 2.75) is 0 Å². The van der Waals surface area contributed by atoms with Crippen molar-refractivity contribution < 1.29 is 132 Å². The zero-order chi connectivity index (χ0) is 88.4. The van der Waals surface area contributed by atoms with Crippen LogP contribution in [0.2, 0.25) is 0 Å². The van der Waals surface area contributed by atoms with E-state index in [0.717, 1.165) is 71.2 Å². The Bertz CT molecular complexity index is 6960. The number of nitrogens with zero attached hydrogens (tertiary/aromatic N) is 4. The van der Waals surface area contributed by atoms with E-state index in [1.807, 2.05) is 0 Å². The lowest BCUT2D eigenvalue weighted by atomic mass is 9.98. The summed E-state index contributed by atoms with van der Waals surface area (Å²) < 4.78 is 482. The molecular weight excluding hydrogens is 1760 g/mol. The molecule has 12 aromatic rings. The van der Waals surface area contributed by atoms with E-state index < -0.39 is 331 Å². The Morgan fingerprint density at radius 1 is 0.177 bits per heavy atom. The molecule has 0 spiro atoms. The van der Waals surface area contributed by atoms with Crippen molar-refractivity contribution >= 4 is 90.1 Å². The second-order valence-corrected chi connectivity index (χ2v) is 28.3. The fourth-order valence-electron chi connectivity index (χ4n) is 14.4. The predicted octanol–water partition coefficient (Wildman–Crippen LogP) is 20.3. The van der Waals surface area contributed by atoms with E-state index >= 15 is 132 Å². The first-order chi connectivity index (χ1) is 59.0. The number of benzene rings is 6. The van der Waals surface area contributed by atoms with Gasteiger partial charge in [-0.25, -0.2) is 152 Å². The van der Waals surface area contributed by atoms with Crippen molar-refractivity contribution in [2.24, 2.45) is 20.0 Å². The smallest absolute Gasteiger partial charge is 0.200 e. The fourth-order valence-corrected chi connectivity index (χ4v) is 15.6. The summed E-state index contributed by atoms with van der Waals surface area (Å²) in [5.41, 5.74) is -32.5. The molecule has 0 radical (unpaired) electrons. The third-order valence-electron chi connectivity index (χ3n) is 19.9. The number of halogens is 30. The van der Waals surface area contributed by atoms with Gasteiger partial charge in [-0.05, 0) is 142 Å². The lowest BCUT2D eigenvalue weighted by molar-refractivity contribution is 0.376. The van der Waals surface area contributed by atoms with Crippen LogP contribution in [0.4, 0.5) is 132 Å². The summed E-state index contributed by atoms with van der Waals surface area (Å²) in [6, 6.07) is 8.40. The zero-order valence-electron chi connectivity index (χ0n) is 59.6. The third kappa shape index (κ3) is 12.7. The summed E-state index contributed by atoms with van der Waals surface area (Å²) in [5, 5.41) is 2.65. The van der Waals surface area contributed by atoms with Crippen molar-refractivity contribution in [1.82, 2.24) is 19.9 Å². The predicted molar refractivity (Wildman–Crippen MR) is 388 cm³/mol. The number of hydrogen-bond donors (Lipinski definition) is 4. The molecule has 4 N–H and O–H groups in total. The van der Waals surface area contributed by atoms with Crippen LogP contribution in [0.3, 0.4) is 0 Å². The van der Waals surface area contributed by atoms with Crippen molar-refractivity contribution in [3.05, 3.63) is 417 Å². The molecule has 40 heteroatoms. The molecule has 0 aliphatic carbocycles. The van der Waals surface area contributed by atoms with Gasteiger partial charge in [-0.2, -0.15) is 22.7 Å². The Balaban J connectivity index is 1.04. The normalized spacial score (nSPS) is 14.9. The van der Waals surface area contributed by atoms with Crippen LogP contribution in [0.15, 0.2) is 174 Å². The summed E-state index contributed by atoms with van der Waals surface area (Å²) in [5.74, 6) is -81.8. The Labute approximate surface area is 675 Å². The third-order valence-corrected chi connectivity index (χ3v) is 21.3. The number of fused-ring (bicyclic) bond motifs is 12. The number of thiophene rings is 2. The number of rotatable bonds is 8. The topological polar surface area (TPSA) is 113 Å². The zero-order valence-corrected chi connectivity index (χ0v) is 61.3. The molecule has 8 nitrogen and oxygen atoms in total. The van der Waals surface area contributed by atoms with Gasteiger partial charge in [0.25, 0.3) is 0 Å². The summed E-state index contributed by atoms with van der Waals surface area (Å²) in [4.78, 5) is 27.1. The van der Waals surface area contributed by atoms with Gasteiger partial charge in [0.15, 0.2) is 140 Å². The summed E-state index contributed by atoms with van der Waals surface area (Å²) in [6.07, 6.45) is 5.63. The Morgan fingerprint density at radius 3 is 0.548 bits per heavy atom. The van der Waals surface area contributed by atoms with Gasteiger partial charge >= 0.3 is 0 Å². The molecule has 0 atom stereocenters. The van der Waals surface area contributed by atoms with Crippen molar-refractivity contribution in [3.8, 4) is 0 Å². The van der Waals surface area contributed by atoms with Gasteiger partial charge in [0.2, 0.25) is 34.9 Å². The van der Waals surface area contributed by atoms with Gasteiger partial charge in [0.1, 0.15) is 0 Å². The Hall–Kier alpha value is -14.2. The maximum Gasteiger partial charge on any atom is 0.200 e. The molecule has 6 aromatic heterocycles. The quantitative estimate of drug-likeness (QED) is 0.0660. The number of H-pyrrole nitrogens is 4. The SMILES string of the molecule is Fc1c(F)c(F)c(C2=C3C=CC(=N3)C(c3ccsc3)=c3ccc([nH]3)=C(c3c(F)c(F)c(F)c(F)c3F)C3=NC(=C(c4c(F)c(F)c(F)c(F)c4F)c4ccc([nH]4)C(c4c(F)c(F)c(F)c(F)c4F)=C4C=CC(=N4)C(c4ccsc4)=c4ccc([nH]4)=C(c4c(F)c(F)c(F)c(F)c4F)C4=NC(=C(c5c(F)c(F)c(F)c(F)c5F)c5ccc2[nH]5)C=C4)C=C3)c(F)c1F. The van der Waals surface area contributed by atoms with E-state index in [0.29, 0.717) is 48.6 Å². The van der Waals surface area contributed by atoms with Gasteiger partial charge in [0, 0.05) is 88.8 Å². The van der Waals surface area contributed by atoms with Crippen LogP contribution in [0.5, 0.6) is 0 Å². The molecule has 0 amide bonds. The number of allylic oxidation sites excluding steroid dienone is 8. The van der Waals surface area contributed by atoms with E-state index in [-0.39, 0.29) is 22.3 Å². The second kappa shape index (κ2) is 30.5. The molecule has 0 fully saturated rings. The van der Waals surface area contributed by atoms with Crippen molar-refractivity contribution in [2.75, 3.05) is 0 Å². The van der Waals surface area contributed by atoms with E-state index in [1.165, 1.54) is 33.7 Å². The molecule has 0 unspecified atom stereocenters. The largest absolute Gasteiger partial charge is 0.354 e. The highest BCUT2D eigenvalue weighted by atomic mass is 32.1. The van der Waals surface area contributed by atoms with Crippen LogP contribution in [0, 0.1) is 175 Å². The van der Waals surface area contributed by atoms with Gasteiger partial charge in [-0.1, -0.05) is 0 Å². The number of aromatic amines is 4. The molecule has 16 bridgehead atoms. The monoisotopic (exact) mass is 1780 g/mol. The van der Waals surface area contributed by atoms with Crippen LogP contribution >= 0.6 is 22.7 Å². The average Bonchev–Trinajstić information content (AvgIpc) is 1.73. The molecular formula is C84H26F30N8S2. The van der Waals surface area contributed by atoms with Crippen LogP contribution in [0.1, 0.15) is 67.3 Å². The molecule has 0 saturated heterocycles. The molecule has 5 aliphatic rings. The summed E-state index contributed by atoms with van der Waals surface area (Å²) in [7, 11) is 0. The maximum absolute atomic E-state index is 16.8. The fraction of sp³-hybridized carbons (Fsp3) is 0. The van der Waals surface area contributed by atoms with Gasteiger partial charge in [-0.3, -0.25) is 0 Å². The second-order valence-electron chi connectivity index (χ2n) is 26.7.